The molecule has 174 valence electrons. The van der Waals surface area contributed by atoms with Crippen molar-refractivity contribution in [3.05, 3.63) is 12.2 Å². The number of Topliss-reactive ketones (excluding diaryl/α,β-unsaturated/α-hetero) is 3. The Morgan fingerprint density at radius 2 is 1.71 bits per heavy atom. The number of hydrogen-bond donors (Lipinski definition) is 2. The zero-order valence-corrected chi connectivity index (χ0v) is 19.9. The van der Waals surface area contributed by atoms with Crippen LogP contribution < -0.4 is 11.1 Å². The van der Waals surface area contributed by atoms with Gasteiger partial charge in [-0.25, -0.2) is 0 Å². The highest BCUT2D eigenvalue weighted by molar-refractivity contribution is 6.36. The van der Waals surface area contributed by atoms with E-state index in [1.54, 1.807) is 20.9 Å². The van der Waals surface area contributed by atoms with Gasteiger partial charge in [0.25, 0.3) is 5.91 Å². The zero-order valence-electron chi connectivity index (χ0n) is 19.9. The molecule has 2 aliphatic rings. The smallest absolute Gasteiger partial charge is 0.285 e. The number of ketones is 3. The summed E-state index contributed by atoms with van der Waals surface area (Å²) in [5.74, 6) is -3.50. The van der Waals surface area contributed by atoms with E-state index in [1.807, 2.05) is 0 Å². The van der Waals surface area contributed by atoms with Gasteiger partial charge in [0.1, 0.15) is 5.78 Å². The minimum absolute atomic E-state index is 0.0740. The van der Waals surface area contributed by atoms with Crippen molar-refractivity contribution < 1.29 is 19.2 Å². The van der Waals surface area contributed by atoms with Gasteiger partial charge in [-0.1, -0.05) is 59.6 Å². The maximum Gasteiger partial charge on any atom is 0.285 e. The summed E-state index contributed by atoms with van der Waals surface area (Å²) in [6.07, 6.45) is 8.52. The van der Waals surface area contributed by atoms with E-state index in [4.69, 9.17) is 5.73 Å². The molecule has 0 radical (unpaired) electrons. The molecule has 6 heteroatoms. The third kappa shape index (κ3) is 5.00. The van der Waals surface area contributed by atoms with Crippen molar-refractivity contribution in [2.45, 2.75) is 72.8 Å². The third-order valence-electron chi connectivity index (χ3n) is 8.02. The normalized spacial score (nSPS) is 31.4. The Labute approximate surface area is 186 Å². The second kappa shape index (κ2) is 10.2. The van der Waals surface area contributed by atoms with Gasteiger partial charge < -0.3 is 11.1 Å². The summed E-state index contributed by atoms with van der Waals surface area (Å²) in [5, 5.41) is 3.21. The number of rotatable bonds is 12. The predicted molar refractivity (Wildman–Crippen MR) is 121 cm³/mol. The summed E-state index contributed by atoms with van der Waals surface area (Å²) in [5.41, 5.74) is 4.95. The van der Waals surface area contributed by atoms with Gasteiger partial charge in [-0.15, -0.1) is 0 Å². The lowest BCUT2D eigenvalue weighted by molar-refractivity contribution is -0.143. The molecule has 6 unspecified atom stereocenters. The highest BCUT2D eigenvalue weighted by Crippen LogP contribution is 2.47. The van der Waals surface area contributed by atoms with Crippen LogP contribution in [0.4, 0.5) is 0 Å². The SMILES string of the molecule is CCCC(C)[C@H]1CCC(C(=O)C(NC)C2(C)C=CC2)C1C(=O)C(C)[C@@H](C)C(=O)C(N)=O. The summed E-state index contributed by atoms with van der Waals surface area (Å²) >= 11 is 0. The fraction of sp³-hybridized carbons (Fsp3) is 0.760. The summed E-state index contributed by atoms with van der Waals surface area (Å²) < 4.78 is 0. The first-order chi connectivity index (χ1) is 14.5. The van der Waals surface area contributed by atoms with Crippen LogP contribution in [0.5, 0.6) is 0 Å². The minimum Gasteiger partial charge on any atom is -0.363 e. The van der Waals surface area contributed by atoms with Crippen molar-refractivity contribution in [2.75, 3.05) is 7.05 Å². The molecule has 2 aliphatic carbocycles. The zero-order chi connectivity index (χ0) is 23.5. The Morgan fingerprint density at radius 3 is 2.16 bits per heavy atom. The van der Waals surface area contributed by atoms with Crippen LogP contribution in [0.25, 0.3) is 0 Å². The van der Waals surface area contributed by atoms with Crippen molar-refractivity contribution >= 4 is 23.3 Å². The largest absolute Gasteiger partial charge is 0.363 e. The van der Waals surface area contributed by atoms with Gasteiger partial charge in [-0.05, 0) is 38.1 Å². The standard InChI is InChI=1S/C25H40N2O4/c1-7-9-14(2)17-10-11-18(22(30)23(27-6)25(5)12-8-13-25)19(17)20(28)15(3)16(4)21(29)24(26)31/h8,12,14-19,23,27H,7,9-11,13H2,1-6H3,(H2,26,31)/t14?,15?,16-,17-,18?,19?,23?,25?/m1/s1. The molecule has 1 saturated carbocycles. The highest BCUT2D eigenvalue weighted by atomic mass is 16.2. The van der Waals surface area contributed by atoms with Crippen LogP contribution in [0.2, 0.25) is 0 Å². The van der Waals surface area contributed by atoms with Gasteiger partial charge >= 0.3 is 0 Å². The van der Waals surface area contributed by atoms with Gasteiger partial charge in [0.15, 0.2) is 5.78 Å². The van der Waals surface area contributed by atoms with E-state index in [1.165, 1.54) is 0 Å². The first-order valence-electron chi connectivity index (χ1n) is 11.8. The first-order valence-corrected chi connectivity index (χ1v) is 11.8. The number of hydrogen-bond acceptors (Lipinski definition) is 5. The second-order valence-electron chi connectivity index (χ2n) is 10.1. The molecule has 0 spiro atoms. The van der Waals surface area contributed by atoms with Crippen molar-refractivity contribution in [2.24, 2.45) is 46.7 Å². The van der Waals surface area contributed by atoms with E-state index < -0.39 is 29.4 Å². The Hall–Kier alpha value is -1.82. The van der Waals surface area contributed by atoms with Crippen LogP contribution in [0.15, 0.2) is 12.2 Å². The first kappa shape index (κ1) is 25.4. The van der Waals surface area contributed by atoms with E-state index in [0.29, 0.717) is 12.3 Å². The Bertz CT molecular complexity index is 746. The van der Waals surface area contributed by atoms with E-state index in [2.05, 4.69) is 38.2 Å². The lowest BCUT2D eigenvalue weighted by Crippen LogP contribution is -2.52. The number of primary amides is 1. The van der Waals surface area contributed by atoms with E-state index in [-0.39, 0.29) is 34.9 Å². The van der Waals surface area contributed by atoms with Crippen LogP contribution in [-0.2, 0) is 19.2 Å². The van der Waals surface area contributed by atoms with Crippen molar-refractivity contribution in [3.63, 3.8) is 0 Å². The molecule has 0 aromatic carbocycles. The Morgan fingerprint density at radius 1 is 1.10 bits per heavy atom. The maximum atomic E-state index is 13.7. The maximum absolute atomic E-state index is 13.7. The van der Waals surface area contributed by atoms with Crippen LogP contribution in [-0.4, -0.2) is 36.3 Å². The van der Waals surface area contributed by atoms with Crippen LogP contribution in [0, 0.1) is 40.9 Å². The molecule has 0 aromatic rings. The number of nitrogens with two attached hydrogens (primary N) is 1. The minimum atomic E-state index is -1.01. The molecule has 6 nitrogen and oxygen atoms in total. The average molecular weight is 433 g/mol. The van der Waals surface area contributed by atoms with Crippen LogP contribution in [0.1, 0.15) is 66.7 Å². The summed E-state index contributed by atoms with van der Waals surface area (Å²) in [6, 6.07) is -0.335. The molecule has 0 heterocycles. The molecular formula is C25H40N2O4. The van der Waals surface area contributed by atoms with Gasteiger partial charge in [0.05, 0.1) is 6.04 Å². The van der Waals surface area contributed by atoms with Gasteiger partial charge in [0.2, 0.25) is 5.78 Å². The number of carbonyl (C=O) groups is 4. The number of carbonyl (C=O) groups excluding carboxylic acids is 4. The van der Waals surface area contributed by atoms with Gasteiger partial charge in [-0.2, -0.15) is 0 Å². The molecule has 1 fully saturated rings. The topological polar surface area (TPSA) is 106 Å². The van der Waals surface area contributed by atoms with Crippen LogP contribution >= 0.6 is 0 Å². The summed E-state index contributed by atoms with van der Waals surface area (Å²) in [7, 11) is 1.80. The number of likely N-dealkylation sites (N-methyl/N-ethyl adjacent to an activating group) is 1. The van der Waals surface area contributed by atoms with Crippen LogP contribution in [0.3, 0.4) is 0 Å². The van der Waals surface area contributed by atoms with Crippen molar-refractivity contribution in [3.8, 4) is 0 Å². The predicted octanol–water partition coefficient (Wildman–Crippen LogP) is 3.08. The molecule has 0 saturated heterocycles. The Balaban J connectivity index is 2.35. The molecule has 0 bridgehead atoms. The van der Waals surface area contributed by atoms with E-state index in [0.717, 1.165) is 25.7 Å². The van der Waals surface area contributed by atoms with Gasteiger partial charge in [0, 0.05) is 29.1 Å². The molecule has 8 atom stereocenters. The summed E-state index contributed by atoms with van der Waals surface area (Å²) in [6.45, 7) is 9.64. The molecule has 0 aliphatic heterocycles. The Kier molecular flexibility index (Phi) is 8.37. The highest BCUT2D eigenvalue weighted by Gasteiger charge is 2.51. The molecule has 3 N–H and O–H groups in total. The molecule has 1 amide bonds. The fourth-order valence-corrected chi connectivity index (χ4v) is 5.78. The molecule has 31 heavy (non-hydrogen) atoms. The monoisotopic (exact) mass is 432 g/mol. The van der Waals surface area contributed by atoms with Gasteiger partial charge in [-0.3, -0.25) is 19.2 Å². The van der Waals surface area contributed by atoms with E-state index >= 15 is 0 Å². The number of nitrogens with one attached hydrogen (secondary N) is 1. The lowest BCUT2D eigenvalue weighted by Gasteiger charge is -2.40. The quantitative estimate of drug-likeness (QED) is 0.364. The number of allylic oxidation sites excluding steroid dienone is 1. The number of amides is 1. The summed E-state index contributed by atoms with van der Waals surface area (Å²) in [4.78, 5) is 51.0. The lowest BCUT2D eigenvalue weighted by atomic mass is 9.66. The third-order valence-corrected chi connectivity index (χ3v) is 8.02. The van der Waals surface area contributed by atoms with Crippen molar-refractivity contribution in [1.82, 2.24) is 5.32 Å². The fourth-order valence-electron chi connectivity index (χ4n) is 5.78. The molecule has 0 aromatic heterocycles. The average Bonchev–Trinajstić information content (AvgIpc) is 3.15. The van der Waals surface area contributed by atoms with Crippen molar-refractivity contribution in [1.29, 1.82) is 0 Å². The second-order valence-corrected chi connectivity index (χ2v) is 10.1. The molecular weight excluding hydrogens is 392 g/mol. The van der Waals surface area contributed by atoms with E-state index in [9.17, 15) is 19.2 Å². The molecule has 2 rings (SSSR count).